The smallest absolute Gasteiger partial charge is 0.349 e. The standard InChI is InChI=1S/C23H21BrCl3F3N2O/c1-32-8-6-15(7-9-32)31-22(33)16-4-2-13(10-18(16)24)3-5-17(23(28,29)30)14-11-19(25)21(27)20(26)12-14/h2-5,10-12,15,17H,6-9H2,1H3,(H,31,33)/b5-3+. The van der Waals surface area contributed by atoms with Crippen LogP contribution in [0.3, 0.4) is 0 Å². The lowest BCUT2D eigenvalue weighted by molar-refractivity contribution is -0.139. The first kappa shape index (κ1) is 26.4. The zero-order valence-electron chi connectivity index (χ0n) is 17.5. The SMILES string of the molecule is CN1CCC(NC(=O)c2ccc(/C=C/C(c3cc(Cl)c(Cl)c(Cl)c3)C(F)(F)F)cc2Br)CC1. The lowest BCUT2D eigenvalue weighted by atomic mass is 9.97. The molecule has 0 spiro atoms. The first-order chi connectivity index (χ1) is 15.5. The molecule has 10 heteroatoms. The number of halogens is 7. The minimum absolute atomic E-state index is 0.00466. The van der Waals surface area contributed by atoms with Crippen LogP contribution in [0, 0.1) is 0 Å². The number of allylic oxidation sites excluding steroid dienone is 1. The van der Waals surface area contributed by atoms with Crippen LogP contribution >= 0.6 is 50.7 Å². The summed E-state index contributed by atoms with van der Waals surface area (Å²) >= 11 is 21.1. The van der Waals surface area contributed by atoms with Gasteiger partial charge in [0.25, 0.3) is 5.91 Å². The van der Waals surface area contributed by atoms with Gasteiger partial charge in [-0.1, -0.05) is 53.0 Å². The van der Waals surface area contributed by atoms with Gasteiger partial charge in [0.1, 0.15) is 0 Å². The molecule has 1 N–H and O–H groups in total. The highest BCUT2D eigenvalue weighted by Gasteiger charge is 2.39. The maximum absolute atomic E-state index is 13.7. The van der Waals surface area contributed by atoms with E-state index < -0.39 is 12.1 Å². The van der Waals surface area contributed by atoms with Gasteiger partial charge in [0, 0.05) is 10.5 Å². The van der Waals surface area contributed by atoms with Gasteiger partial charge in [-0.05, 0) is 84.3 Å². The van der Waals surface area contributed by atoms with Gasteiger partial charge in [-0.2, -0.15) is 13.2 Å². The molecule has 0 aromatic heterocycles. The highest BCUT2D eigenvalue weighted by atomic mass is 79.9. The highest BCUT2D eigenvalue weighted by Crippen LogP contribution is 2.41. The van der Waals surface area contributed by atoms with Crippen molar-refractivity contribution in [1.82, 2.24) is 10.2 Å². The number of likely N-dealkylation sites (tertiary alicyclic amines) is 1. The fourth-order valence-corrected chi connectivity index (χ4v) is 4.80. The largest absolute Gasteiger partial charge is 0.399 e. The average Bonchev–Trinajstić information content (AvgIpc) is 2.72. The number of amides is 1. The summed E-state index contributed by atoms with van der Waals surface area (Å²) in [5.74, 6) is -2.15. The van der Waals surface area contributed by atoms with Gasteiger partial charge in [-0.25, -0.2) is 0 Å². The zero-order valence-corrected chi connectivity index (χ0v) is 21.4. The van der Waals surface area contributed by atoms with Crippen LogP contribution in [-0.4, -0.2) is 43.2 Å². The molecule has 1 saturated heterocycles. The number of carbonyl (C=O) groups is 1. The van der Waals surface area contributed by atoms with Crippen LogP contribution < -0.4 is 5.32 Å². The molecule has 1 atom stereocenters. The molecular weight excluding hydrogens is 564 g/mol. The van der Waals surface area contributed by atoms with Crippen LogP contribution in [0.1, 0.15) is 40.2 Å². The topological polar surface area (TPSA) is 32.3 Å². The van der Waals surface area contributed by atoms with Gasteiger partial charge in [-0.3, -0.25) is 4.79 Å². The van der Waals surface area contributed by atoms with E-state index in [2.05, 4.69) is 26.1 Å². The normalized spacial score (nSPS) is 16.8. The van der Waals surface area contributed by atoms with Crippen molar-refractivity contribution in [3.05, 3.63) is 72.6 Å². The van der Waals surface area contributed by atoms with Gasteiger partial charge in [0.15, 0.2) is 0 Å². The summed E-state index contributed by atoms with van der Waals surface area (Å²) in [5, 5.41) is 2.93. The molecule has 0 saturated carbocycles. The molecule has 1 fully saturated rings. The Balaban J connectivity index is 1.78. The van der Waals surface area contributed by atoms with E-state index >= 15 is 0 Å². The molecule has 33 heavy (non-hydrogen) atoms. The molecule has 0 bridgehead atoms. The van der Waals surface area contributed by atoms with Crippen molar-refractivity contribution in [3.63, 3.8) is 0 Å². The van der Waals surface area contributed by atoms with Crippen LogP contribution in [0.2, 0.25) is 15.1 Å². The Morgan fingerprint density at radius 1 is 1.15 bits per heavy atom. The third-order valence-electron chi connectivity index (χ3n) is 5.49. The van der Waals surface area contributed by atoms with E-state index in [4.69, 9.17) is 34.8 Å². The maximum Gasteiger partial charge on any atom is 0.399 e. The number of carbonyl (C=O) groups excluding carboxylic acids is 1. The van der Waals surface area contributed by atoms with Gasteiger partial charge in [0.2, 0.25) is 0 Å². The molecule has 1 amide bonds. The maximum atomic E-state index is 13.7. The molecule has 1 heterocycles. The minimum Gasteiger partial charge on any atom is -0.349 e. The molecule has 3 rings (SSSR count). The van der Waals surface area contributed by atoms with Gasteiger partial charge >= 0.3 is 6.18 Å². The summed E-state index contributed by atoms with van der Waals surface area (Å²) in [6, 6.07) is 7.21. The van der Waals surface area contributed by atoms with Crippen LogP contribution in [0.5, 0.6) is 0 Å². The van der Waals surface area contributed by atoms with Crippen molar-refractivity contribution in [2.24, 2.45) is 0 Å². The molecule has 2 aromatic carbocycles. The first-order valence-electron chi connectivity index (χ1n) is 10.1. The van der Waals surface area contributed by atoms with E-state index in [0.29, 0.717) is 15.6 Å². The van der Waals surface area contributed by atoms with Crippen LogP contribution in [0.25, 0.3) is 6.08 Å². The molecule has 0 radical (unpaired) electrons. The number of hydrogen-bond acceptors (Lipinski definition) is 2. The molecule has 1 aliphatic heterocycles. The lowest BCUT2D eigenvalue weighted by Gasteiger charge is -2.29. The Hall–Kier alpha value is -1.25. The van der Waals surface area contributed by atoms with Crippen LogP contribution in [0.4, 0.5) is 13.2 Å². The Bertz CT molecular complexity index is 1030. The van der Waals surface area contributed by atoms with Crippen molar-refractivity contribution in [2.45, 2.75) is 31.0 Å². The van der Waals surface area contributed by atoms with E-state index in [9.17, 15) is 18.0 Å². The Labute approximate surface area is 214 Å². The Morgan fingerprint density at radius 3 is 2.30 bits per heavy atom. The van der Waals surface area contributed by atoms with E-state index in [1.54, 1.807) is 18.2 Å². The van der Waals surface area contributed by atoms with Gasteiger partial charge in [0.05, 0.1) is 26.5 Å². The molecule has 2 aromatic rings. The third kappa shape index (κ3) is 6.89. The zero-order chi connectivity index (χ0) is 24.3. The first-order valence-corrected chi connectivity index (χ1v) is 12.1. The third-order valence-corrected chi connectivity index (χ3v) is 7.34. The second-order valence-corrected chi connectivity index (χ2v) is 10.0. The van der Waals surface area contributed by atoms with Crippen molar-refractivity contribution in [1.29, 1.82) is 0 Å². The predicted octanol–water partition coefficient (Wildman–Crippen LogP) is 7.59. The number of nitrogens with one attached hydrogen (secondary N) is 1. The molecule has 3 nitrogen and oxygen atoms in total. The summed E-state index contributed by atoms with van der Waals surface area (Å²) < 4.78 is 41.7. The second kappa shape index (κ2) is 11.0. The van der Waals surface area contributed by atoms with Crippen LogP contribution in [0.15, 0.2) is 40.9 Å². The molecule has 178 valence electrons. The van der Waals surface area contributed by atoms with E-state index in [1.165, 1.54) is 6.08 Å². The molecule has 0 aliphatic carbocycles. The van der Waals surface area contributed by atoms with E-state index in [-0.39, 0.29) is 32.6 Å². The molecule has 1 aliphatic rings. The Morgan fingerprint density at radius 2 is 1.76 bits per heavy atom. The van der Waals surface area contributed by atoms with Crippen molar-refractivity contribution >= 4 is 62.7 Å². The van der Waals surface area contributed by atoms with Crippen LogP contribution in [-0.2, 0) is 0 Å². The average molecular weight is 585 g/mol. The van der Waals surface area contributed by atoms with Gasteiger partial charge in [-0.15, -0.1) is 0 Å². The van der Waals surface area contributed by atoms with E-state index in [0.717, 1.165) is 44.1 Å². The summed E-state index contributed by atoms with van der Waals surface area (Å²) in [6.45, 7) is 1.83. The quantitative estimate of drug-likeness (QED) is 0.367. The number of rotatable bonds is 5. The van der Waals surface area contributed by atoms with Gasteiger partial charge < -0.3 is 10.2 Å². The van der Waals surface area contributed by atoms with Crippen molar-refractivity contribution in [3.8, 4) is 0 Å². The summed E-state index contributed by atoms with van der Waals surface area (Å²) in [7, 11) is 2.04. The summed E-state index contributed by atoms with van der Waals surface area (Å²) in [5.41, 5.74) is 0.805. The fourth-order valence-electron chi connectivity index (χ4n) is 3.61. The summed E-state index contributed by atoms with van der Waals surface area (Å²) in [6.07, 6.45) is -0.452. The number of piperidine rings is 1. The summed E-state index contributed by atoms with van der Waals surface area (Å²) in [4.78, 5) is 14.9. The van der Waals surface area contributed by atoms with Crippen molar-refractivity contribution < 1.29 is 18.0 Å². The highest BCUT2D eigenvalue weighted by molar-refractivity contribution is 9.10. The number of benzene rings is 2. The van der Waals surface area contributed by atoms with E-state index in [1.807, 2.05) is 7.05 Å². The monoisotopic (exact) mass is 582 g/mol. The number of alkyl halides is 3. The Kier molecular flexibility index (Phi) is 8.78. The lowest BCUT2D eigenvalue weighted by Crippen LogP contribution is -2.43. The van der Waals surface area contributed by atoms with Crippen molar-refractivity contribution in [2.75, 3.05) is 20.1 Å². The molecule has 1 unspecified atom stereocenters. The molecular formula is C23H21BrCl3F3N2O. The number of hydrogen-bond donors (Lipinski definition) is 1. The fraction of sp³-hybridized carbons (Fsp3) is 0.348. The number of nitrogens with zero attached hydrogens (tertiary/aromatic N) is 1. The predicted molar refractivity (Wildman–Crippen MR) is 131 cm³/mol. The minimum atomic E-state index is -4.57. The second-order valence-electron chi connectivity index (χ2n) is 7.97.